The van der Waals surface area contributed by atoms with E-state index in [1.807, 2.05) is 27.7 Å². The quantitative estimate of drug-likeness (QED) is 0.519. The van der Waals surface area contributed by atoms with E-state index in [-0.39, 0.29) is 0 Å². The number of halogens is 1. The average molecular weight is 216 g/mol. The first kappa shape index (κ1) is 12.2. The van der Waals surface area contributed by atoms with Gasteiger partial charge in [0.25, 0.3) is 0 Å². The summed E-state index contributed by atoms with van der Waals surface area (Å²) in [5.41, 5.74) is -0.941. The lowest BCUT2D eigenvalue weighted by Gasteiger charge is -2.32. The molecule has 0 radical (unpaired) electrons. The largest absolute Gasteiger partial charge is 0.487 e. The normalized spacial score (nSPS) is 23.4. The molecule has 84 valence electrons. The molecule has 0 unspecified atom stereocenters. The van der Waals surface area contributed by atoms with E-state index in [2.05, 4.69) is 4.94 Å². The summed E-state index contributed by atoms with van der Waals surface area (Å²) in [5, 5.41) is 0. The highest BCUT2D eigenvalue weighted by atomic mass is 19.3. The fourth-order valence-electron chi connectivity index (χ4n) is 1.15. The van der Waals surface area contributed by atoms with Crippen LogP contribution in [-0.4, -0.2) is 24.3 Å². The molecule has 4 nitrogen and oxygen atoms in total. The van der Waals surface area contributed by atoms with Crippen molar-refractivity contribution < 1.29 is 23.6 Å². The van der Waals surface area contributed by atoms with Crippen LogP contribution >= 0.6 is 0 Å². The molecule has 1 saturated heterocycles. The fourth-order valence-corrected chi connectivity index (χ4v) is 1.15. The lowest BCUT2D eigenvalue weighted by molar-refractivity contribution is -0.176. The molecule has 0 spiro atoms. The van der Waals surface area contributed by atoms with Gasteiger partial charge in [-0.2, -0.15) is 0 Å². The zero-order chi connectivity index (χ0) is 11.7. The van der Waals surface area contributed by atoms with Gasteiger partial charge in [0.2, 0.25) is 0 Å². The number of carbonyl (C=O) groups is 1. The second-order valence-corrected chi connectivity index (χ2v) is 4.38. The van der Waals surface area contributed by atoms with Gasteiger partial charge in [0.1, 0.15) is 0 Å². The van der Waals surface area contributed by atoms with E-state index in [1.165, 1.54) is 5.98 Å². The van der Waals surface area contributed by atoms with E-state index in [0.717, 1.165) is 6.08 Å². The summed E-state index contributed by atoms with van der Waals surface area (Å²) in [6.07, 6.45) is 0.933. The highest BCUT2D eigenvalue weighted by molar-refractivity contribution is 6.52. The van der Waals surface area contributed by atoms with Gasteiger partial charge in [0, 0.05) is 10.6 Å². The molecule has 1 aliphatic rings. The highest BCUT2D eigenvalue weighted by Gasteiger charge is 2.50. The summed E-state index contributed by atoms with van der Waals surface area (Å²) in [4.78, 5) is 13.5. The molecular formula is C9H14BFO4. The number of hydrogen-bond acceptors (Lipinski definition) is 4. The van der Waals surface area contributed by atoms with Crippen LogP contribution in [0.5, 0.6) is 0 Å². The van der Waals surface area contributed by atoms with Gasteiger partial charge >= 0.3 is 13.1 Å². The van der Waals surface area contributed by atoms with E-state index in [0.29, 0.717) is 0 Å². The number of hydrogen-bond donors (Lipinski definition) is 0. The molecule has 1 heterocycles. The molecular weight excluding hydrogens is 202 g/mol. The second kappa shape index (κ2) is 3.94. The molecule has 0 aliphatic carbocycles. The molecule has 1 fully saturated rings. The third-order valence-electron chi connectivity index (χ3n) is 2.74. The molecule has 1 rings (SSSR count). The Hall–Kier alpha value is -0.875. The van der Waals surface area contributed by atoms with Gasteiger partial charge in [-0.15, -0.1) is 0 Å². The maximum Gasteiger partial charge on any atom is 0.487 e. The third kappa shape index (κ3) is 2.57. The lowest BCUT2D eigenvalue weighted by atomic mass is 9.90. The predicted octanol–water partition coefficient (Wildman–Crippen LogP) is 1.60. The summed E-state index contributed by atoms with van der Waals surface area (Å²) in [6.45, 7) is 7.53. The maximum absolute atomic E-state index is 11.4. The van der Waals surface area contributed by atoms with Crippen molar-refractivity contribution in [2.75, 3.05) is 0 Å². The summed E-state index contributed by atoms with van der Waals surface area (Å²) in [7, 11) is -0.658. The van der Waals surface area contributed by atoms with Crippen LogP contribution in [0.2, 0.25) is 0 Å². The van der Waals surface area contributed by atoms with Crippen molar-refractivity contribution in [2.24, 2.45) is 0 Å². The van der Waals surface area contributed by atoms with Crippen molar-refractivity contribution in [3.8, 4) is 0 Å². The van der Waals surface area contributed by atoms with E-state index < -0.39 is 24.3 Å². The van der Waals surface area contributed by atoms with Crippen molar-refractivity contribution in [2.45, 2.75) is 38.9 Å². The Bertz CT molecular complexity index is 272. The van der Waals surface area contributed by atoms with Crippen molar-refractivity contribution in [3.63, 3.8) is 0 Å². The Balaban J connectivity index is 2.64. The fraction of sp³-hybridized carbons (Fsp3) is 0.667. The molecule has 0 N–H and O–H groups in total. The lowest BCUT2D eigenvalue weighted by Crippen LogP contribution is -2.41. The molecule has 0 atom stereocenters. The van der Waals surface area contributed by atoms with E-state index >= 15 is 0 Å². The first-order chi connectivity index (χ1) is 6.78. The van der Waals surface area contributed by atoms with Gasteiger partial charge in [-0.25, -0.2) is 4.79 Å². The van der Waals surface area contributed by atoms with Crippen LogP contribution in [0.3, 0.4) is 0 Å². The van der Waals surface area contributed by atoms with Gasteiger partial charge in [-0.3, -0.25) is 4.94 Å². The van der Waals surface area contributed by atoms with Crippen LogP contribution in [-0.2, 0) is 19.0 Å². The zero-order valence-electron chi connectivity index (χ0n) is 9.24. The monoisotopic (exact) mass is 216 g/mol. The van der Waals surface area contributed by atoms with Crippen molar-refractivity contribution in [3.05, 3.63) is 12.1 Å². The van der Waals surface area contributed by atoms with Crippen LogP contribution in [0.1, 0.15) is 27.7 Å². The first-order valence-corrected chi connectivity index (χ1v) is 4.65. The topological polar surface area (TPSA) is 44.8 Å². The minimum atomic E-state index is -1.08. The van der Waals surface area contributed by atoms with E-state index in [9.17, 15) is 9.32 Å². The predicted molar refractivity (Wildman–Crippen MR) is 52.4 cm³/mol. The van der Waals surface area contributed by atoms with Crippen LogP contribution in [0.25, 0.3) is 0 Å². The maximum atomic E-state index is 11.4. The molecule has 0 aromatic heterocycles. The van der Waals surface area contributed by atoms with Gasteiger partial charge in [0.05, 0.1) is 11.2 Å². The van der Waals surface area contributed by atoms with Gasteiger partial charge < -0.3 is 9.31 Å². The summed E-state index contributed by atoms with van der Waals surface area (Å²) < 4.78 is 22.4. The molecule has 0 bridgehead atoms. The summed E-state index contributed by atoms with van der Waals surface area (Å²) >= 11 is 0. The highest BCUT2D eigenvalue weighted by Crippen LogP contribution is 2.36. The molecule has 1 aliphatic heterocycles. The van der Waals surface area contributed by atoms with Crippen LogP contribution in [0, 0.1) is 0 Å². The van der Waals surface area contributed by atoms with Crippen LogP contribution in [0.15, 0.2) is 12.1 Å². The molecule has 0 saturated carbocycles. The molecule has 0 aromatic carbocycles. The van der Waals surface area contributed by atoms with E-state index in [1.54, 1.807) is 0 Å². The van der Waals surface area contributed by atoms with Gasteiger partial charge in [-0.05, 0) is 33.7 Å². The Morgan fingerprint density at radius 1 is 1.27 bits per heavy atom. The Morgan fingerprint density at radius 3 is 2.13 bits per heavy atom. The van der Waals surface area contributed by atoms with Gasteiger partial charge in [-0.1, -0.05) is 0 Å². The minimum absolute atomic E-state index is 0.471. The number of carbonyl (C=O) groups excluding carboxylic acids is 1. The molecule has 15 heavy (non-hydrogen) atoms. The second-order valence-electron chi connectivity index (χ2n) is 4.38. The molecule has 6 heteroatoms. The average Bonchev–Trinajstić information content (AvgIpc) is 2.31. The smallest absolute Gasteiger partial charge is 0.400 e. The van der Waals surface area contributed by atoms with Crippen molar-refractivity contribution in [1.29, 1.82) is 0 Å². The molecule has 0 aromatic rings. The molecule has 0 amide bonds. The SMILES string of the molecule is CC1(C)OB(/C=C/C(=O)OF)OC1(C)C. The Labute approximate surface area is 88.4 Å². The van der Waals surface area contributed by atoms with Gasteiger partial charge in [0.15, 0.2) is 0 Å². The standard InChI is InChI=1S/C9H14BFO4/c1-8(2)9(3,4)15-10(14-8)6-5-7(12)13-11/h5-6H,1-4H3/b6-5+. The Morgan fingerprint density at radius 2 is 1.73 bits per heavy atom. The minimum Gasteiger partial charge on any atom is -0.400 e. The summed E-state index contributed by atoms with van der Waals surface area (Å²) in [6, 6.07) is 0. The van der Waals surface area contributed by atoms with Crippen molar-refractivity contribution >= 4 is 13.1 Å². The summed E-state index contributed by atoms with van der Waals surface area (Å²) in [5.74, 6) is 0.239. The van der Waals surface area contributed by atoms with Crippen LogP contribution in [0.4, 0.5) is 4.53 Å². The first-order valence-electron chi connectivity index (χ1n) is 4.65. The zero-order valence-corrected chi connectivity index (χ0v) is 9.24. The van der Waals surface area contributed by atoms with E-state index in [4.69, 9.17) is 9.31 Å². The van der Waals surface area contributed by atoms with Crippen LogP contribution < -0.4 is 0 Å². The number of rotatable bonds is 2. The Kier molecular flexibility index (Phi) is 3.20. The van der Waals surface area contributed by atoms with Crippen molar-refractivity contribution in [1.82, 2.24) is 0 Å². The third-order valence-corrected chi connectivity index (χ3v) is 2.74.